The van der Waals surface area contributed by atoms with Gasteiger partial charge in [-0.2, -0.15) is 5.10 Å². The molecule has 0 saturated heterocycles. The van der Waals surface area contributed by atoms with Gasteiger partial charge in [-0.15, -0.1) is 0 Å². The first kappa shape index (κ1) is 15.7. The van der Waals surface area contributed by atoms with E-state index in [1.165, 1.54) is 0 Å². The lowest BCUT2D eigenvalue weighted by molar-refractivity contribution is -0.118. The number of para-hydroxylation sites is 2. The van der Waals surface area contributed by atoms with Gasteiger partial charge in [-0.05, 0) is 37.3 Å². The zero-order valence-electron chi connectivity index (χ0n) is 14.0. The molecule has 2 amide bonds. The zero-order valence-corrected chi connectivity index (χ0v) is 14.0. The van der Waals surface area contributed by atoms with Gasteiger partial charge < -0.3 is 15.4 Å². The second-order valence-corrected chi connectivity index (χ2v) is 6.58. The molecule has 130 valence electrons. The maximum Gasteiger partial charge on any atom is 0.272 e. The largest absolute Gasteiger partial charge is 0.489 e. The van der Waals surface area contributed by atoms with E-state index in [0.29, 0.717) is 17.1 Å². The van der Waals surface area contributed by atoms with Gasteiger partial charge in [0.05, 0.1) is 5.69 Å². The number of H-pyrrole nitrogens is 1. The molecule has 1 aliphatic carbocycles. The fourth-order valence-electron chi connectivity index (χ4n) is 3.51. The Bertz CT molecular complexity index is 829. The van der Waals surface area contributed by atoms with Crippen LogP contribution in [-0.4, -0.2) is 34.7 Å². The molecule has 7 heteroatoms. The fourth-order valence-corrected chi connectivity index (χ4v) is 3.51. The summed E-state index contributed by atoms with van der Waals surface area (Å²) in [5.41, 5.74) is 2.99. The number of aromatic nitrogens is 2. The van der Waals surface area contributed by atoms with Gasteiger partial charge in [-0.1, -0.05) is 19.1 Å². The van der Waals surface area contributed by atoms with Crippen LogP contribution in [0.2, 0.25) is 0 Å². The number of aromatic amines is 1. The number of amides is 2. The van der Waals surface area contributed by atoms with Crippen molar-refractivity contribution in [3.05, 3.63) is 41.2 Å². The smallest absolute Gasteiger partial charge is 0.272 e. The number of nitrogens with zero attached hydrogens (tertiary/aromatic N) is 1. The van der Waals surface area contributed by atoms with Crippen LogP contribution in [0.15, 0.2) is 24.3 Å². The van der Waals surface area contributed by atoms with Gasteiger partial charge in [0, 0.05) is 11.3 Å². The summed E-state index contributed by atoms with van der Waals surface area (Å²) in [7, 11) is 0. The van der Waals surface area contributed by atoms with Crippen LogP contribution in [0.25, 0.3) is 0 Å². The summed E-state index contributed by atoms with van der Waals surface area (Å²) >= 11 is 0. The Morgan fingerprint density at radius 1 is 1.36 bits per heavy atom. The Labute approximate surface area is 145 Å². The monoisotopic (exact) mass is 340 g/mol. The van der Waals surface area contributed by atoms with Crippen LogP contribution < -0.4 is 15.4 Å². The highest BCUT2D eigenvalue weighted by Gasteiger charge is 2.31. The Morgan fingerprint density at radius 3 is 3.08 bits per heavy atom. The Kier molecular flexibility index (Phi) is 3.91. The summed E-state index contributed by atoms with van der Waals surface area (Å²) < 4.78 is 5.66. The predicted molar refractivity (Wildman–Crippen MR) is 91.8 cm³/mol. The van der Waals surface area contributed by atoms with Gasteiger partial charge in [-0.3, -0.25) is 14.7 Å². The van der Waals surface area contributed by atoms with Crippen LogP contribution in [0.5, 0.6) is 5.75 Å². The molecule has 0 bridgehead atoms. The third-order valence-electron chi connectivity index (χ3n) is 4.83. The van der Waals surface area contributed by atoms with Crippen LogP contribution in [-0.2, 0) is 11.2 Å². The number of hydrogen-bond acceptors (Lipinski definition) is 4. The van der Waals surface area contributed by atoms with Crippen molar-refractivity contribution < 1.29 is 14.3 Å². The van der Waals surface area contributed by atoms with Gasteiger partial charge in [0.25, 0.3) is 11.8 Å². The predicted octanol–water partition coefficient (Wildman–Crippen LogP) is 1.98. The second-order valence-electron chi connectivity index (χ2n) is 6.58. The molecular weight excluding hydrogens is 320 g/mol. The lowest BCUT2D eigenvalue weighted by Crippen LogP contribution is -2.46. The molecule has 7 nitrogen and oxygen atoms in total. The van der Waals surface area contributed by atoms with Crippen LogP contribution >= 0.6 is 0 Å². The topological polar surface area (TPSA) is 96.1 Å². The minimum Gasteiger partial charge on any atom is -0.489 e. The van der Waals surface area contributed by atoms with Crippen molar-refractivity contribution >= 4 is 17.5 Å². The van der Waals surface area contributed by atoms with Crippen molar-refractivity contribution in [1.82, 2.24) is 15.5 Å². The summed E-state index contributed by atoms with van der Waals surface area (Å²) in [6, 6.07) is 6.43. The molecule has 2 aromatic rings. The average molecular weight is 340 g/mol. The first-order valence-electron chi connectivity index (χ1n) is 8.54. The SMILES string of the molecule is CC1CCCc2[nH]nc(C(=O)N[C@H]3COc4ccccc4NC3=O)c21. The number of fused-ring (bicyclic) bond motifs is 2. The molecule has 2 atom stereocenters. The van der Waals surface area contributed by atoms with Crippen molar-refractivity contribution in [2.75, 3.05) is 11.9 Å². The Morgan fingerprint density at radius 2 is 2.20 bits per heavy atom. The highest BCUT2D eigenvalue weighted by Crippen LogP contribution is 2.32. The summed E-state index contributed by atoms with van der Waals surface area (Å²) in [6.07, 6.45) is 3.03. The van der Waals surface area contributed by atoms with Gasteiger partial charge in [-0.25, -0.2) is 0 Å². The fraction of sp³-hybridized carbons (Fsp3) is 0.389. The summed E-state index contributed by atoms with van der Waals surface area (Å²) in [4.78, 5) is 25.1. The molecule has 0 spiro atoms. The van der Waals surface area contributed by atoms with Crippen LogP contribution in [0.4, 0.5) is 5.69 Å². The molecule has 4 rings (SSSR count). The number of nitrogens with one attached hydrogen (secondary N) is 3. The highest BCUT2D eigenvalue weighted by molar-refractivity contribution is 6.02. The standard InChI is InChI=1S/C18H20N4O3/c1-10-5-4-7-12-15(10)16(22-21-12)18(24)20-13-9-25-14-8-3-2-6-11(14)19-17(13)23/h2-3,6,8,10,13H,4-5,7,9H2,1H3,(H,19,23)(H,20,24)(H,21,22)/t10?,13-/m0/s1. The molecule has 3 N–H and O–H groups in total. The third-order valence-corrected chi connectivity index (χ3v) is 4.83. The van der Waals surface area contributed by atoms with Crippen molar-refractivity contribution in [3.63, 3.8) is 0 Å². The molecule has 1 aliphatic heterocycles. The number of rotatable bonds is 2. The van der Waals surface area contributed by atoms with Gasteiger partial charge >= 0.3 is 0 Å². The number of anilines is 1. The number of aryl methyl sites for hydroxylation is 1. The van der Waals surface area contributed by atoms with Crippen LogP contribution in [0.1, 0.15) is 47.4 Å². The van der Waals surface area contributed by atoms with Gasteiger partial charge in [0.2, 0.25) is 0 Å². The van der Waals surface area contributed by atoms with Crippen LogP contribution in [0.3, 0.4) is 0 Å². The van der Waals surface area contributed by atoms with Gasteiger partial charge in [0.1, 0.15) is 18.4 Å². The molecule has 1 aromatic heterocycles. The number of ether oxygens (including phenoxy) is 1. The molecule has 0 fully saturated rings. The summed E-state index contributed by atoms with van der Waals surface area (Å²) in [5, 5.41) is 12.7. The first-order valence-corrected chi connectivity index (χ1v) is 8.54. The number of carbonyl (C=O) groups excluding carboxylic acids is 2. The van der Waals surface area contributed by atoms with E-state index in [-0.39, 0.29) is 24.3 Å². The van der Waals surface area contributed by atoms with Crippen molar-refractivity contribution in [3.8, 4) is 5.75 Å². The van der Waals surface area contributed by atoms with E-state index in [1.54, 1.807) is 12.1 Å². The Hall–Kier alpha value is -2.83. The minimum atomic E-state index is -0.772. The summed E-state index contributed by atoms with van der Waals surface area (Å²) in [5.74, 6) is 0.238. The van der Waals surface area contributed by atoms with Crippen molar-refractivity contribution in [1.29, 1.82) is 0 Å². The van der Waals surface area contributed by atoms with Gasteiger partial charge in [0.15, 0.2) is 5.69 Å². The van der Waals surface area contributed by atoms with E-state index in [1.807, 2.05) is 12.1 Å². The van der Waals surface area contributed by atoms with E-state index in [4.69, 9.17) is 4.74 Å². The molecule has 2 aliphatic rings. The number of carbonyl (C=O) groups is 2. The maximum absolute atomic E-state index is 12.7. The summed E-state index contributed by atoms with van der Waals surface area (Å²) in [6.45, 7) is 2.18. The van der Waals surface area contributed by atoms with E-state index < -0.39 is 6.04 Å². The minimum absolute atomic E-state index is 0.0801. The van der Waals surface area contributed by atoms with Crippen molar-refractivity contribution in [2.24, 2.45) is 0 Å². The lowest BCUT2D eigenvalue weighted by Gasteiger charge is -2.19. The molecule has 2 heterocycles. The third kappa shape index (κ3) is 2.86. The van der Waals surface area contributed by atoms with E-state index in [9.17, 15) is 9.59 Å². The molecule has 1 aromatic carbocycles. The molecular formula is C18H20N4O3. The average Bonchev–Trinajstić information content (AvgIpc) is 2.98. The molecule has 1 unspecified atom stereocenters. The highest BCUT2D eigenvalue weighted by atomic mass is 16.5. The maximum atomic E-state index is 12.7. The van der Waals surface area contributed by atoms with E-state index >= 15 is 0 Å². The normalized spacial score (nSPS) is 22.0. The first-order chi connectivity index (χ1) is 12.1. The lowest BCUT2D eigenvalue weighted by atomic mass is 9.86. The molecule has 0 saturated carbocycles. The molecule has 25 heavy (non-hydrogen) atoms. The Balaban J connectivity index is 1.52. The molecule has 0 radical (unpaired) electrons. The van der Waals surface area contributed by atoms with Crippen molar-refractivity contribution in [2.45, 2.75) is 38.1 Å². The number of hydrogen-bond donors (Lipinski definition) is 3. The van der Waals surface area contributed by atoms with Crippen LogP contribution in [0, 0.1) is 0 Å². The van der Waals surface area contributed by atoms with E-state index in [0.717, 1.165) is 30.5 Å². The zero-order chi connectivity index (χ0) is 17.4. The quantitative estimate of drug-likeness (QED) is 0.779. The second kappa shape index (κ2) is 6.23. The van der Waals surface area contributed by atoms with E-state index in [2.05, 4.69) is 27.8 Å². The number of benzene rings is 1.